The molecule has 3 aliphatic rings. The fourth-order valence-electron chi connectivity index (χ4n) is 11.0. The summed E-state index contributed by atoms with van der Waals surface area (Å²) >= 11 is 12.1. The number of halogens is 11. The molecule has 7 heterocycles. The van der Waals surface area contributed by atoms with Gasteiger partial charge in [0.1, 0.15) is 24.0 Å². The Hall–Kier alpha value is -7.22. The quantitative estimate of drug-likeness (QED) is 0.0526. The molecule has 0 saturated carbocycles. The van der Waals surface area contributed by atoms with Gasteiger partial charge in [-0.2, -0.15) is 0 Å². The Kier molecular flexibility index (Phi) is 27.4. The van der Waals surface area contributed by atoms with Crippen molar-refractivity contribution in [1.82, 2.24) is 38.9 Å². The molecule has 4 aromatic carbocycles. The van der Waals surface area contributed by atoms with Crippen LogP contribution in [0.5, 0.6) is 11.5 Å². The van der Waals surface area contributed by atoms with Crippen molar-refractivity contribution in [2.45, 2.75) is 137 Å². The predicted octanol–water partition coefficient (Wildman–Crippen LogP) is 13.1. The van der Waals surface area contributed by atoms with Gasteiger partial charge in [-0.15, -0.1) is 26.3 Å². The summed E-state index contributed by atoms with van der Waals surface area (Å²) in [6, 6.07) is 15.2. The van der Waals surface area contributed by atoms with Crippen molar-refractivity contribution < 1.29 is 81.9 Å². The normalized spacial score (nSPS) is 17.9. The molecule has 0 aliphatic carbocycles. The molecule has 100 heavy (non-hydrogen) atoms. The van der Waals surface area contributed by atoms with E-state index >= 15 is 0 Å². The number of hydrogen-bond donors (Lipinski definition) is 2. The zero-order chi connectivity index (χ0) is 72.5. The second-order valence-electron chi connectivity index (χ2n) is 23.8. The van der Waals surface area contributed by atoms with Crippen LogP contribution >= 0.6 is 15.9 Å². The van der Waals surface area contributed by atoms with Gasteiger partial charge in [0, 0.05) is 177 Å². The summed E-state index contributed by atoms with van der Waals surface area (Å²) in [4.78, 5) is 70.6. The van der Waals surface area contributed by atoms with Gasteiger partial charge in [-0.25, -0.2) is 37.5 Å². The standard InChI is InChI=1S/C30H33BF5N3O5.C29H26F5N5O3.C5H5BrN2.CH4.S5/c1-17(40)21-16-39(23-10-9-18(13-20(21)23)31-43-28(2,3)29(4,5)44-31)12-11-38-15-19(32)14-24(38)27(41)37-22-7-6-8-25(26(22)33)42-30(34,35)36;1-16(40)22-15-39(24-7-6-18(10-21(22)24)19-12-35-17(2)36-13-19)9-8-38-14-20(30)11-25(38)28(41)37-23-4-3-5-26(27(23)31)42-29(32,33)34;1-4-7-2-5(6)3-8-4;;1-3-5-4-2/h6-10,13,16,19,24H,11-12,14-15H2,1-5H3,(H,37,41);3-7,10,12-13,15,20,25H,8-9,11,14H2,1-2H3,(H,37,41);2-3H,1H3;1H4;/t19-,24+;20-,25+;;;/m11.../s1. The third-order valence-corrected chi connectivity index (χ3v) is 21.3. The molecule has 3 fully saturated rings. The molecule has 11 rings (SSSR count). The first kappa shape index (κ1) is 80.1. The minimum absolute atomic E-state index is 0. The molecule has 2 amide bonds. The number of Topliss-reactive ketones (excluding diaryl/α,β-unsaturated/α-hetero) is 2. The van der Waals surface area contributed by atoms with Crippen molar-refractivity contribution in [2.24, 2.45) is 0 Å². The fourth-order valence-corrected chi connectivity index (χ4v) is 14.0. The molecule has 0 unspecified atom stereocenters. The Balaban J connectivity index is 0.000000236. The first-order valence-electron chi connectivity index (χ1n) is 30.1. The van der Waals surface area contributed by atoms with E-state index in [-0.39, 0.29) is 58.0 Å². The van der Waals surface area contributed by atoms with Crippen LogP contribution < -0.4 is 25.6 Å². The number of anilines is 2. The number of rotatable bonds is 16. The van der Waals surface area contributed by atoms with Crippen molar-refractivity contribution in [1.29, 1.82) is 0 Å². The largest absolute Gasteiger partial charge is 0.573 e. The van der Waals surface area contributed by atoms with Crippen LogP contribution in [0, 0.1) is 25.5 Å². The van der Waals surface area contributed by atoms with Gasteiger partial charge in [0.2, 0.25) is 11.8 Å². The molecule has 0 spiro atoms. The maximum atomic E-state index is 14.6. The monoisotopic (exact) mass is 1560 g/mol. The van der Waals surface area contributed by atoms with Crippen LogP contribution in [0.15, 0.2) is 114 Å². The number of aryl methyl sites for hydroxylation is 2. The van der Waals surface area contributed by atoms with Crippen LogP contribution in [-0.4, -0.2) is 144 Å². The number of nitrogens with one attached hydrogen (secondary N) is 2. The summed E-state index contributed by atoms with van der Waals surface area (Å²) in [5, 5.41) is 5.96. The summed E-state index contributed by atoms with van der Waals surface area (Å²) in [5.41, 5.74) is 2.75. The van der Waals surface area contributed by atoms with E-state index < -0.39 is 102 Å². The zero-order valence-electron chi connectivity index (χ0n) is 54.0. The summed E-state index contributed by atoms with van der Waals surface area (Å²) in [6.45, 7) is 15.2. The molecule has 8 aromatic rings. The van der Waals surface area contributed by atoms with Crippen LogP contribution in [-0.2, 0) is 81.0 Å². The lowest BCUT2D eigenvalue weighted by molar-refractivity contribution is -0.276. The lowest BCUT2D eigenvalue weighted by atomic mass is 9.78. The highest BCUT2D eigenvalue weighted by atomic mass is 79.9. The van der Waals surface area contributed by atoms with Crippen LogP contribution in [0.25, 0.3) is 32.9 Å². The number of hydrogen-bond acceptors (Lipinski definition) is 16. The lowest BCUT2D eigenvalue weighted by Crippen LogP contribution is -2.41. The van der Waals surface area contributed by atoms with Gasteiger partial charge in [-0.05, 0) is 125 Å². The molecular weight excluding hydrogens is 1490 g/mol. The van der Waals surface area contributed by atoms with Gasteiger partial charge in [0.25, 0.3) is 0 Å². The van der Waals surface area contributed by atoms with Crippen LogP contribution in [0.1, 0.15) is 94.2 Å². The maximum absolute atomic E-state index is 14.6. The number of nitrogens with zero attached hydrogens (tertiary/aromatic N) is 8. The first-order valence-corrected chi connectivity index (χ1v) is 36.3. The molecule has 18 nitrogen and oxygen atoms in total. The van der Waals surface area contributed by atoms with Gasteiger partial charge >= 0.3 is 19.8 Å². The Bertz CT molecular complexity index is 4360. The highest BCUT2D eigenvalue weighted by Crippen LogP contribution is 2.38. The van der Waals surface area contributed by atoms with E-state index in [0.717, 1.165) is 79.7 Å². The molecule has 4 atom stereocenters. The van der Waals surface area contributed by atoms with Crippen molar-refractivity contribution >= 4 is 134 Å². The number of benzene rings is 4. The van der Waals surface area contributed by atoms with Crippen LogP contribution in [0.3, 0.4) is 0 Å². The lowest BCUT2D eigenvalue weighted by Gasteiger charge is -2.32. The SMILES string of the molecule is C.CC(=O)c1cn(CCN2C[C@H](F)C[C@H]2C(=O)Nc2cccc(OC(F)(F)F)c2F)c2ccc(-c3cnc(C)nc3)cc12.CC(=O)c1cn(CCN2C[C@H](F)C[C@H]2C(=O)Nc2cccc(OC(F)(F)F)c2F)c2ccc(B3OC(C)(C)C(C)(C)O3)cc12.Cc1ncc(Br)cn1.S=S=S=S=S. The van der Waals surface area contributed by atoms with Gasteiger partial charge < -0.3 is 38.6 Å². The van der Waals surface area contributed by atoms with E-state index in [1.54, 1.807) is 53.9 Å². The van der Waals surface area contributed by atoms with E-state index in [9.17, 15) is 63.1 Å². The molecular formula is C65H68BBrF10N10O8S5. The number of aromatic nitrogens is 6. The van der Waals surface area contributed by atoms with Gasteiger partial charge in [-0.1, -0.05) is 37.8 Å². The number of alkyl halides is 8. The van der Waals surface area contributed by atoms with Gasteiger partial charge in [-0.3, -0.25) is 29.0 Å². The molecule has 3 saturated heterocycles. The van der Waals surface area contributed by atoms with E-state index in [1.165, 1.54) is 40.5 Å². The number of ether oxygens (including phenoxy) is 2. The smallest absolute Gasteiger partial charge is 0.403 e. The maximum Gasteiger partial charge on any atom is 0.573 e. The van der Waals surface area contributed by atoms with Crippen molar-refractivity contribution in [3.8, 4) is 22.6 Å². The van der Waals surface area contributed by atoms with Crippen LogP contribution in [0.4, 0.5) is 55.3 Å². The predicted molar refractivity (Wildman–Crippen MR) is 377 cm³/mol. The summed E-state index contributed by atoms with van der Waals surface area (Å²) in [5.74, 6) is -5.35. The Morgan fingerprint density at radius 3 is 1.43 bits per heavy atom. The highest BCUT2D eigenvalue weighted by molar-refractivity contribution is 9.10. The van der Waals surface area contributed by atoms with E-state index in [2.05, 4.69) is 78.3 Å². The number of likely N-dealkylation sites (tertiary alicyclic amines) is 2. The van der Waals surface area contributed by atoms with Crippen molar-refractivity contribution in [3.05, 3.63) is 149 Å². The van der Waals surface area contributed by atoms with Crippen molar-refractivity contribution in [3.63, 3.8) is 0 Å². The molecule has 4 aromatic heterocycles. The van der Waals surface area contributed by atoms with E-state index in [4.69, 9.17) is 9.31 Å². The molecule has 0 bridgehead atoms. The average molecular weight is 1560 g/mol. The summed E-state index contributed by atoms with van der Waals surface area (Å²) in [7, 11) is 3.32. The Morgan fingerprint density at radius 2 is 1.04 bits per heavy atom. The molecule has 3 aliphatic heterocycles. The molecule has 536 valence electrons. The fraction of sp³-hybridized carbons (Fsp3) is 0.385. The average Bonchev–Trinajstić information content (AvgIpc) is 1.61. The molecule has 35 heteroatoms. The van der Waals surface area contributed by atoms with Gasteiger partial charge in [0.15, 0.2) is 34.7 Å². The minimum Gasteiger partial charge on any atom is -0.403 e. The number of fused-ring (bicyclic) bond motifs is 2. The molecule has 0 radical (unpaired) electrons. The topological polar surface area (TPSA) is 197 Å². The van der Waals surface area contributed by atoms with Crippen LogP contribution in [0.2, 0.25) is 0 Å². The second kappa shape index (κ2) is 34.2. The molecule has 2 N–H and O–H groups in total. The minimum atomic E-state index is -5.12. The summed E-state index contributed by atoms with van der Waals surface area (Å²) < 4.78 is 158. The van der Waals surface area contributed by atoms with E-state index in [1.807, 2.05) is 80.2 Å². The van der Waals surface area contributed by atoms with E-state index in [0.29, 0.717) is 35.4 Å². The first-order chi connectivity index (χ1) is 46.5. The Labute approximate surface area is 596 Å². The highest BCUT2D eigenvalue weighted by Gasteiger charge is 2.52. The third-order valence-electron chi connectivity index (χ3n) is 16.4. The number of amides is 2. The Morgan fingerprint density at radius 1 is 0.630 bits per heavy atom. The third kappa shape index (κ3) is 20.8. The zero-order valence-corrected chi connectivity index (χ0v) is 59.6. The number of ketones is 2. The number of carbonyl (C=O) groups is 4. The van der Waals surface area contributed by atoms with Crippen molar-refractivity contribution in [2.75, 3.05) is 36.8 Å². The van der Waals surface area contributed by atoms with Gasteiger partial charge in [0.05, 0.1) is 39.1 Å². The number of carbonyl (C=O) groups excluding carboxylic acids is 4. The second-order valence-corrected chi connectivity index (χ2v) is 30.1. The summed E-state index contributed by atoms with van der Waals surface area (Å²) in [6.07, 6.45) is -2.98.